The molecule has 6 nitrogen and oxygen atoms in total. The van der Waals surface area contributed by atoms with Crippen LogP contribution in [0.15, 0.2) is 47.8 Å². The first-order chi connectivity index (χ1) is 13.4. The summed E-state index contributed by atoms with van der Waals surface area (Å²) in [6.45, 7) is 4.35. The standard InChI is InChI=1S/C20H18ClN3O3S/c1-3-12(2)13-4-6-14(7-5-13)17-11-28-20(22-17)23-19(25)15-8-9-18(24(26)27)16(21)10-15/h4-12H,3H2,1-2H3,(H,22,23,25). The van der Waals surface area contributed by atoms with Gasteiger partial charge in [0.05, 0.1) is 10.6 Å². The topological polar surface area (TPSA) is 85.1 Å². The number of halogens is 1. The smallest absolute Gasteiger partial charge is 0.287 e. The molecule has 2 aromatic carbocycles. The van der Waals surface area contributed by atoms with Crippen molar-refractivity contribution in [3.05, 3.63) is 74.1 Å². The highest BCUT2D eigenvalue weighted by atomic mass is 35.5. The van der Waals surface area contributed by atoms with E-state index in [9.17, 15) is 14.9 Å². The number of thiazole rings is 1. The van der Waals surface area contributed by atoms with Gasteiger partial charge in [0.15, 0.2) is 5.13 Å². The van der Waals surface area contributed by atoms with Gasteiger partial charge < -0.3 is 0 Å². The van der Waals surface area contributed by atoms with Crippen LogP contribution in [-0.4, -0.2) is 15.8 Å². The third kappa shape index (κ3) is 4.37. The van der Waals surface area contributed by atoms with Gasteiger partial charge in [0.25, 0.3) is 11.6 Å². The van der Waals surface area contributed by atoms with Crippen LogP contribution >= 0.6 is 22.9 Å². The largest absolute Gasteiger partial charge is 0.298 e. The molecule has 1 atom stereocenters. The molecule has 28 heavy (non-hydrogen) atoms. The van der Waals surface area contributed by atoms with E-state index in [2.05, 4.69) is 36.3 Å². The van der Waals surface area contributed by atoms with Gasteiger partial charge >= 0.3 is 0 Å². The maximum Gasteiger partial charge on any atom is 0.287 e. The lowest BCUT2D eigenvalue weighted by molar-refractivity contribution is -0.384. The number of hydrogen-bond acceptors (Lipinski definition) is 5. The van der Waals surface area contributed by atoms with E-state index in [4.69, 9.17) is 11.6 Å². The van der Waals surface area contributed by atoms with Crippen molar-refractivity contribution < 1.29 is 9.72 Å². The fourth-order valence-electron chi connectivity index (χ4n) is 2.65. The van der Waals surface area contributed by atoms with Gasteiger partial charge in [-0.15, -0.1) is 11.3 Å². The Morgan fingerprint density at radius 2 is 2.00 bits per heavy atom. The normalized spacial score (nSPS) is 11.8. The minimum atomic E-state index is -0.594. The van der Waals surface area contributed by atoms with Crippen molar-refractivity contribution in [2.75, 3.05) is 5.32 Å². The number of benzene rings is 2. The van der Waals surface area contributed by atoms with Crippen LogP contribution < -0.4 is 5.32 Å². The average Bonchev–Trinajstić information content (AvgIpc) is 3.15. The predicted octanol–water partition coefficient (Wildman–Crippen LogP) is 6.14. The van der Waals surface area contributed by atoms with Crippen molar-refractivity contribution in [1.82, 2.24) is 4.98 Å². The number of anilines is 1. The zero-order valence-electron chi connectivity index (χ0n) is 15.3. The molecule has 144 valence electrons. The summed E-state index contributed by atoms with van der Waals surface area (Å²) in [5.74, 6) is 0.0812. The summed E-state index contributed by atoms with van der Waals surface area (Å²) in [6, 6.07) is 12.1. The number of nitro groups is 1. The first kappa shape index (κ1) is 20.0. The van der Waals surface area contributed by atoms with Gasteiger partial charge in [-0.25, -0.2) is 4.98 Å². The second-order valence-electron chi connectivity index (χ2n) is 6.35. The molecular formula is C20H18ClN3O3S. The molecule has 0 radical (unpaired) electrons. The predicted molar refractivity (Wildman–Crippen MR) is 112 cm³/mol. The van der Waals surface area contributed by atoms with E-state index in [1.54, 1.807) is 0 Å². The Balaban J connectivity index is 1.73. The van der Waals surface area contributed by atoms with Gasteiger partial charge in [0, 0.05) is 22.6 Å². The third-order valence-electron chi connectivity index (χ3n) is 4.52. The van der Waals surface area contributed by atoms with Crippen LogP contribution in [0.5, 0.6) is 0 Å². The molecule has 3 rings (SSSR count). The molecular weight excluding hydrogens is 398 g/mol. The molecule has 1 unspecified atom stereocenters. The number of carbonyl (C=O) groups excluding carboxylic acids is 1. The summed E-state index contributed by atoms with van der Waals surface area (Å²) in [5, 5.41) is 15.8. The molecule has 0 aliphatic carbocycles. The van der Waals surface area contributed by atoms with Crippen molar-refractivity contribution in [2.24, 2.45) is 0 Å². The van der Waals surface area contributed by atoms with Crippen molar-refractivity contribution in [3.8, 4) is 11.3 Å². The van der Waals surface area contributed by atoms with Crippen LogP contribution in [-0.2, 0) is 0 Å². The molecule has 0 aliphatic rings. The van der Waals surface area contributed by atoms with Gasteiger partial charge in [-0.3, -0.25) is 20.2 Å². The Morgan fingerprint density at radius 3 is 2.61 bits per heavy atom. The maximum atomic E-state index is 12.4. The van der Waals surface area contributed by atoms with E-state index in [1.807, 2.05) is 17.5 Å². The van der Waals surface area contributed by atoms with Gasteiger partial charge in [0.2, 0.25) is 0 Å². The molecule has 0 aliphatic heterocycles. The molecule has 1 N–H and O–H groups in total. The molecule has 0 bridgehead atoms. The highest BCUT2D eigenvalue weighted by Crippen LogP contribution is 2.28. The van der Waals surface area contributed by atoms with Crippen LogP contribution in [0.1, 0.15) is 42.1 Å². The summed E-state index contributed by atoms with van der Waals surface area (Å²) in [7, 11) is 0. The Morgan fingerprint density at radius 1 is 1.29 bits per heavy atom. The molecule has 0 saturated heterocycles. The van der Waals surface area contributed by atoms with E-state index in [0.717, 1.165) is 17.7 Å². The first-order valence-corrected chi connectivity index (χ1v) is 9.96. The van der Waals surface area contributed by atoms with Gasteiger partial charge in [0.1, 0.15) is 5.02 Å². The number of amides is 1. The highest BCUT2D eigenvalue weighted by Gasteiger charge is 2.16. The van der Waals surface area contributed by atoms with Crippen LogP contribution in [0.3, 0.4) is 0 Å². The molecule has 1 heterocycles. The number of nitro benzene ring substituents is 1. The van der Waals surface area contributed by atoms with E-state index < -0.39 is 10.8 Å². The minimum absolute atomic E-state index is 0.0844. The van der Waals surface area contributed by atoms with E-state index >= 15 is 0 Å². The van der Waals surface area contributed by atoms with Crippen LogP contribution in [0.4, 0.5) is 10.8 Å². The van der Waals surface area contributed by atoms with Crippen LogP contribution in [0, 0.1) is 10.1 Å². The first-order valence-electron chi connectivity index (χ1n) is 8.70. The van der Waals surface area contributed by atoms with Gasteiger partial charge in [-0.05, 0) is 30.0 Å². The molecule has 1 amide bonds. The Bertz CT molecular complexity index is 1020. The summed E-state index contributed by atoms with van der Waals surface area (Å²) in [6.07, 6.45) is 1.08. The SMILES string of the molecule is CCC(C)c1ccc(-c2csc(NC(=O)c3ccc([N+](=O)[O-])c(Cl)c3)n2)cc1. The fourth-order valence-corrected chi connectivity index (χ4v) is 3.61. The highest BCUT2D eigenvalue weighted by molar-refractivity contribution is 7.14. The fraction of sp³-hybridized carbons (Fsp3) is 0.200. The molecule has 8 heteroatoms. The quantitative estimate of drug-likeness (QED) is 0.387. The second-order valence-corrected chi connectivity index (χ2v) is 7.61. The molecule has 0 saturated carbocycles. The lowest BCUT2D eigenvalue weighted by Gasteiger charge is -2.08. The number of carbonyl (C=O) groups is 1. The molecule has 0 fully saturated rings. The number of aromatic nitrogens is 1. The summed E-state index contributed by atoms with van der Waals surface area (Å²) >= 11 is 7.18. The van der Waals surface area contributed by atoms with E-state index in [0.29, 0.717) is 11.0 Å². The van der Waals surface area contributed by atoms with E-state index in [1.165, 1.54) is 35.1 Å². The number of nitrogens with zero attached hydrogens (tertiary/aromatic N) is 2. The number of nitrogens with one attached hydrogen (secondary N) is 1. The zero-order chi connectivity index (χ0) is 20.3. The van der Waals surface area contributed by atoms with Crippen LogP contribution in [0.25, 0.3) is 11.3 Å². The van der Waals surface area contributed by atoms with Gasteiger partial charge in [-0.1, -0.05) is 49.7 Å². The Hall–Kier alpha value is -2.77. The molecule has 0 spiro atoms. The third-order valence-corrected chi connectivity index (χ3v) is 5.58. The molecule has 1 aromatic heterocycles. The summed E-state index contributed by atoms with van der Waals surface area (Å²) in [5.41, 5.74) is 3.02. The average molecular weight is 416 g/mol. The lowest BCUT2D eigenvalue weighted by Crippen LogP contribution is -2.11. The minimum Gasteiger partial charge on any atom is -0.298 e. The zero-order valence-corrected chi connectivity index (χ0v) is 16.9. The Labute approximate surface area is 171 Å². The maximum absolute atomic E-state index is 12.4. The number of rotatable bonds is 6. The van der Waals surface area contributed by atoms with Crippen molar-refractivity contribution >= 4 is 39.7 Å². The summed E-state index contributed by atoms with van der Waals surface area (Å²) < 4.78 is 0. The van der Waals surface area contributed by atoms with E-state index in [-0.39, 0.29) is 16.3 Å². The van der Waals surface area contributed by atoms with Crippen molar-refractivity contribution in [1.29, 1.82) is 0 Å². The lowest BCUT2D eigenvalue weighted by atomic mass is 9.97. The monoisotopic (exact) mass is 415 g/mol. The number of hydrogen-bond donors (Lipinski definition) is 1. The van der Waals surface area contributed by atoms with Crippen LogP contribution in [0.2, 0.25) is 5.02 Å². The van der Waals surface area contributed by atoms with Crippen molar-refractivity contribution in [3.63, 3.8) is 0 Å². The Kier molecular flexibility index (Phi) is 6.06. The van der Waals surface area contributed by atoms with Gasteiger partial charge in [-0.2, -0.15) is 0 Å². The summed E-state index contributed by atoms with van der Waals surface area (Å²) in [4.78, 5) is 27.1. The van der Waals surface area contributed by atoms with Crippen molar-refractivity contribution in [2.45, 2.75) is 26.2 Å². The second kappa shape index (κ2) is 8.50. The molecule has 3 aromatic rings.